The van der Waals surface area contributed by atoms with Gasteiger partial charge in [-0.2, -0.15) is 4.98 Å². The molecule has 2 aromatic heterocycles. The van der Waals surface area contributed by atoms with Crippen LogP contribution in [-0.4, -0.2) is 55.1 Å². The molecule has 0 aliphatic heterocycles. The maximum absolute atomic E-state index is 10.3. The molecule has 1 aliphatic rings. The fourth-order valence-electron chi connectivity index (χ4n) is 3.53. The second-order valence-corrected chi connectivity index (χ2v) is 6.79. The molecule has 0 spiro atoms. The molecule has 8 heteroatoms. The van der Waals surface area contributed by atoms with Crippen molar-refractivity contribution in [3.8, 4) is 11.3 Å². The van der Waals surface area contributed by atoms with Gasteiger partial charge in [0.2, 0.25) is 5.95 Å². The lowest BCUT2D eigenvalue weighted by Crippen LogP contribution is -2.35. The largest absolute Gasteiger partial charge is 0.396 e. The molecule has 140 valence electrons. The zero-order chi connectivity index (χ0) is 19.0. The van der Waals surface area contributed by atoms with Crippen LogP contribution in [-0.2, 0) is 0 Å². The van der Waals surface area contributed by atoms with E-state index in [1.807, 2.05) is 36.4 Å². The first-order chi connectivity index (χ1) is 13.1. The van der Waals surface area contributed by atoms with E-state index in [2.05, 4.69) is 20.3 Å². The topological polar surface area (TPSA) is 137 Å². The predicted molar refractivity (Wildman–Crippen MR) is 102 cm³/mol. The van der Waals surface area contributed by atoms with Crippen LogP contribution < -0.4 is 11.1 Å². The fourth-order valence-corrected chi connectivity index (χ4v) is 3.53. The SMILES string of the molecule is Nc1ncc(-c2ccc3ccccc3n2)c(N[C@@H]2C[C@H](CO)[C@@H](O)[C@H]2O)n1. The average molecular weight is 367 g/mol. The Morgan fingerprint density at radius 1 is 1.07 bits per heavy atom. The maximum Gasteiger partial charge on any atom is 0.221 e. The highest BCUT2D eigenvalue weighted by molar-refractivity contribution is 5.83. The number of nitrogens with two attached hydrogens (primary N) is 1. The molecular formula is C19H21N5O3. The van der Waals surface area contributed by atoms with Crippen molar-refractivity contribution < 1.29 is 15.3 Å². The Labute approximate surface area is 155 Å². The number of nitrogen functional groups attached to an aromatic ring is 1. The number of pyridine rings is 1. The van der Waals surface area contributed by atoms with Gasteiger partial charge in [0.05, 0.1) is 28.9 Å². The third-order valence-electron chi connectivity index (χ3n) is 5.04. The number of hydrogen-bond acceptors (Lipinski definition) is 8. The van der Waals surface area contributed by atoms with Crippen LogP contribution in [0, 0.1) is 5.92 Å². The number of nitrogens with zero attached hydrogens (tertiary/aromatic N) is 3. The van der Waals surface area contributed by atoms with Crippen molar-refractivity contribution in [3.63, 3.8) is 0 Å². The zero-order valence-corrected chi connectivity index (χ0v) is 14.5. The number of fused-ring (bicyclic) bond motifs is 1. The van der Waals surface area contributed by atoms with Crippen molar-refractivity contribution in [2.24, 2.45) is 5.92 Å². The molecule has 0 radical (unpaired) electrons. The van der Waals surface area contributed by atoms with Crippen molar-refractivity contribution >= 4 is 22.7 Å². The Bertz CT molecular complexity index is 967. The van der Waals surface area contributed by atoms with Crippen molar-refractivity contribution in [2.45, 2.75) is 24.7 Å². The summed E-state index contributed by atoms with van der Waals surface area (Å²) < 4.78 is 0. The van der Waals surface area contributed by atoms with Gasteiger partial charge in [0.15, 0.2) is 0 Å². The lowest BCUT2D eigenvalue weighted by molar-refractivity contribution is 0.00446. The van der Waals surface area contributed by atoms with Crippen LogP contribution in [0.15, 0.2) is 42.6 Å². The van der Waals surface area contributed by atoms with Crippen LogP contribution in [0.1, 0.15) is 6.42 Å². The van der Waals surface area contributed by atoms with Gasteiger partial charge in [-0.3, -0.25) is 0 Å². The second-order valence-electron chi connectivity index (χ2n) is 6.79. The molecular weight excluding hydrogens is 346 g/mol. The van der Waals surface area contributed by atoms with Crippen LogP contribution in [0.2, 0.25) is 0 Å². The molecule has 0 amide bonds. The molecule has 2 heterocycles. The van der Waals surface area contributed by atoms with Gasteiger partial charge in [0.25, 0.3) is 0 Å². The Kier molecular flexibility index (Phi) is 4.61. The van der Waals surface area contributed by atoms with E-state index in [-0.39, 0.29) is 18.5 Å². The summed E-state index contributed by atoms with van der Waals surface area (Å²) >= 11 is 0. The van der Waals surface area contributed by atoms with Gasteiger partial charge in [0.1, 0.15) is 11.9 Å². The van der Waals surface area contributed by atoms with E-state index in [4.69, 9.17) is 5.73 Å². The van der Waals surface area contributed by atoms with Gasteiger partial charge in [-0.05, 0) is 18.6 Å². The molecule has 1 aromatic carbocycles. The van der Waals surface area contributed by atoms with E-state index in [1.54, 1.807) is 6.20 Å². The van der Waals surface area contributed by atoms with Gasteiger partial charge in [-0.1, -0.05) is 24.3 Å². The van der Waals surface area contributed by atoms with Crippen LogP contribution in [0.4, 0.5) is 11.8 Å². The summed E-state index contributed by atoms with van der Waals surface area (Å²) in [7, 11) is 0. The quantitative estimate of drug-likeness (QED) is 0.456. The smallest absolute Gasteiger partial charge is 0.221 e. The first-order valence-corrected chi connectivity index (χ1v) is 8.79. The van der Waals surface area contributed by atoms with E-state index in [0.29, 0.717) is 23.5 Å². The van der Waals surface area contributed by atoms with Crippen LogP contribution in [0.25, 0.3) is 22.2 Å². The summed E-state index contributed by atoms with van der Waals surface area (Å²) in [6.07, 6.45) is -0.0131. The van der Waals surface area contributed by atoms with Gasteiger partial charge in [-0.25, -0.2) is 9.97 Å². The summed E-state index contributed by atoms with van der Waals surface area (Å²) in [6.45, 7) is -0.193. The highest BCUT2D eigenvalue weighted by atomic mass is 16.3. The Morgan fingerprint density at radius 3 is 2.67 bits per heavy atom. The molecule has 1 saturated carbocycles. The molecule has 0 unspecified atom stereocenters. The molecule has 3 aromatic rings. The normalized spacial score (nSPS) is 25.0. The molecule has 0 saturated heterocycles. The molecule has 27 heavy (non-hydrogen) atoms. The number of aromatic nitrogens is 3. The highest BCUT2D eigenvalue weighted by Crippen LogP contribution is 2.32. The van der Waals surface area contributed by atoms with Gasteiger partial charge in [-0.15, -0.1) is 0 Å². The van der Waals surface area contributed by atoms with E-state index in [0.717, 1.165) is 10.9 Å². The lowest BCUT2D eigenvalue weighted by Gasteiger charge is -2.20. The summed E-state index contributed by atoms with van der Waals surface area (Å²) in [5.41, 5.74) is 7.91. The molecule has 6 N–H and O–H groups in total. The fraction of sp³-hybridized carbons (Fsp3) is 0.316. The van der Waals surface area contributed by atoms with Crippen molar-refractivity contribution in [1.29, 1.82) is 0 Å². The first kappa shape index (κ1) is 17.6. The predicted octanol–water partition coefficient (Wildman–Crippen LogP) is 0.788. The summed E-state index contributed by atoms with van der Waals surface area (Å²) in [5.74, 6) is 0.132. The van der Waals surface area contributed by atoms with Crippen molar-refractivity contribution in [2.75, 3.05) is 17.7 Å². The monoisotopic (exact) mass is 367 g/mol. The number of aliphatic hydroxyl groups excluding tert-OH is 3. The number of aliphatic hydroxyl groups is 3. The summed E-state index contributed by atoms with van der Waals surface area (Å²) in [6, 6.07) is 11.2. The maximum atomic E-state index is 10.3. The average Bonchev–Trinajstić information content (AvgIpc) is 2.95. The summed E-state index contributed by atoms with van der Waals surface area (Å²) in [5, 5.41) is 33.9. The standard InChI is InChI=1S/C19H21N5O3/c20-19-21-8-12(14-6-5-10-3-1-2-4-13(10)22-14)18(24-19)23-15-7-11(9-25)16(26)17(15)27/h1-6,8,11,15-17,25-27H,7,9H2,(H3,20,21,23,24)/t11-,15-,16-,17+/m1/s1. The molecule has 8 nitrogen and oxygen atoms in total. The molecule has 0 bridgehead atoms. The van der Waals surface area contributed by atoms with Gasteiger partial charge >= 0.3 is 0 Å². The molecule has 4 atom stereocenters. The first-order valence-electron chi connectivity index (χ1n) is 8.79. The van der Waals surface area contributed by atoms with E-state index < -0.39 is 18.2 Å². The second kappa shape index (κ2) is 7.07. The van der Waals surface area contributed by atoms with E-state index in [9.17, 15) is 15.3 Å². The van der Waals surface area contributed by atoms with Crippen LogP contribution in [0.3, 0.4) is 0 Å². The zero-order valence-electron chi connectivity index (χ0n) is 14.5. The molecule has 1 aliphatic carbocycles. The summed E-state index contributed by atoms with van der Waals surface area (Å²) in [4.78, 5) is 13.0. The van der Waals surface area contributed by atoms with Crippen LogP contribution >= 0.6 is 0 Å². The van der Waals surface area contributed by atoms with Crippen molar-refractivity contribution in [3.05, 3.63) is 42.6 Å². The highest BCUT2D eigenvalue weighted by Gasteiger charge is 2.41. The number of para-hydroxylation sites is 1. The van der Waals surface area contributed by atoms with E-state index >= 15 is 0 Å². The Hall–Kier alpha value is -2.81. The van der Waals surface area contributed by atoms with Crippen LogP contribution in [0.5, 0.6) is 0 Å². The number of benzene rings is 1. The Balaban J connectivity index is 1.70. The van der Waals surface area contributed by atoms with Gasteiger partial charge in [0, 0.05) is 24.1 Å². The third-order valence-corrected chi connectivity index (χ3v) is 5.04. The molecule has 4 rings (SSSR count). The minimum atomic E-state index is -1.02. The van der Waals surface area contributed by atoms with E-state index in [1.165, 1.54) is 0 Å². The van der Waals surface area contributed by atoms with Crippen molar-refractivity contribution in [1.82, 2.24) is 15.0 Å². The molecule has 1 fully saturated rings. The Morgan fingerprint density at radius 2 is 1.89 bits per heavy atom. The number of hydrogen-bond donors (Lipinski definition) is 5. The van der Waals surface area contributed by atoms with Gasteiger partial charge < -0.3 is 26.4 Å². The number of nitrogens with one attached hydrogen (secondary N) is 1. The minimum absolute atomic E-state index is 0.0915. The number of anilines is 2. The number of rotatable bonds is 4. The minimum Gasteiger partial charge on any atom is -0.396 e. The lowest BCUT2D eigenvalue weighted by atomic mass is 10.1. The third kappa shape index (κ3) is 3.30.